The Bertz CT molecular complexity index is 3040. The van der Waals surface area contributed by atoms with Crippen molar-refractivity contribution in [1.29, 1.82) is 0 Å². The first kappa shape index (κ1) is 54.7. The van der Waals surface area contributed by atoms with E-state index in [4.69, 9.17) is 30.5 Å². The molecule has 3 aromatic carbocycles. The number of carboxylic acids is 1. The molecule has 3 aromatic heterocycles. The summed E-state index contributed by atoms with van der Waals surface area (Å²) in [5, 5.41) is 15.1. The number of piperazine rings is 1. The number of aliphatic carboxylic acids is 1. The number of esters is 1. The number of fused-ring (bicyclic) bond motifs is 1. The number of sulfonamides is 1. The minimum atomic E-state index is -4.44. The lowest BCUT2D eigenvalue weighted by Gasteiger charge is -2.33. The van der Waals surface area contributed by atoms with Crippen LogP contribution in [0.4, 0.5) is 17.6 Å². The number of thiophene rings is 1. The van der Waals surface area contributed by atoms with Gasteiger partial charge in [0.2, 0.25) is 22.0 Å². The van der Waals surface area contributed by atoms with E-state index in [1.165, 1.54) is 52.6 Å². The van der Waals surface area contributed by atoms with Gasteiger partial charge < -0.3 is 29.4 Å². The van der Waals surface area contributed by atoms with Gasteiger partial charge in [0.05, 0.1) is 30.2 Å². The average molecular weight is 1070 g/mol. The van der Waals surface area contributed by atoms with Crippen LogP contribution in [0.1, 0.15) is 55.1 Å². The number of hydrogen-bond donors (Lipinski definition) is 2. The molecule has 7 rings (SSSR count). The van der Waals surface area contributed by atoms with Gasteiger partial charge in [0, 0.05) is 73.9 Å². The van der Waals surface area contributed by atoms with Crippen molar-refractivity contribution in [2.45, 2.75) is 78.0 Å². The first-order chi connectivity index (χ1) is 34.5. The van der Waals surface area contributed by atoms with Gasteiger partial charge in [0.1, 0.15) is 41.5 Å². The second kappa shape index (κ2) is 23.4. The van der Waals surface area contributed by atoms with Crippen molar-refractivity contribution in [1.82, 2.24) is 34.5 Å². The van der Waals surface area contributed by atoms with Crippen molar-refractivity contribution < 1.29 is 59.6 Å². The summed E-state index contributed by atoms with van der Waals surface area (Å²) in [6.45, 7) is 10.0. The minimum Gasteiger partial charge on any atom is -0.487 e. The summed E-state index contributed by atoms with van der Waals surface area (Å²) in [5.41, 5.74) is 3.66. The normalized spacial score (nSPS) is 14.3. The van der Waals surface area contributed by atoms with Crippen LogP contribution in [-0.4, -0.2) is 125 Å². The van der Waals surface area contributed by atoms with Gasteiger partial charge in [-0.25, -0.2) is 32.6 Å². The van der Waals surface area contributed by atoms with Crippen LogP contribution < -0.4 is 19.5 Å². The Morgan fingerprint density at radius 2 is 1.70 bits per heavy atom. The molecule has 1 aliphatic heterocycles. The van der Waals surface area contributed by atoms with E-state index in [1.54, 1.807) is 51.1 Å². The van der Waals surface area contributed by atoms with E-state index in [0.29, 0.717) is 99.3 Å². The Kier molecular flexibility index (Phi) is 17.6. The number of hydrogen-bond acceptors (Lipinski definition) is 15. The van der Waals surface area contributed by atoms with E-state index in [2.05, 4.69) is 30.2 Å². The van der Waals surface area contributed by atoms with Crippen molar-refractivity contribution in [2.24, 2.45) is 0 Å². The van der Waals surface area contributed by atoms with Crippen molar-refractivity contribution in [3.63, 3.8) is 0 Å². The van der Waals surface area contributed by atoms with Gasteiger partial charge >= 0.3 is 24.1 Å². The maximum Gasteiger partial charge on any atom is 0.392 e. The number of rotatable bonds is 21. The van der Waals surface area contributed by atoms with Crippen molar-refractivity contribution >= 4 is 55.1 Å². The van der Waals surface area contributed by atoms with Crippen molar-refractivity contribution in [3.05, 3.63) is 112 Å². The molecule has 6 aromatic rings. The standard InChI is InChI=1S/C50H54ClF4N7O9S2/c1-30-37(12-9-33(43(30)51)27-56-17-18-61-19-21-62(22-20-61)73(5,66)67)41-42-45(58-29-59-46(42)72-44(41)32-7-10-35(52)11-8-32)70-39(47(64)65)26-34-24-31(25-40(63)71-49(2,3)4)6-13-38(34)69-28-36-14-16-57-48(60-36)68-23-15-50(53,54)55/h6-14,16,24,29,39,56H,15,17-23,25-28H2,1-5H3,(H,64,65). The Labute approximate surface area is 428 Å². The van der Waals surface area contributed by atoms with Gasteiger partial charge in [-0.3, -0.25) is 9.69 Å². The number of carbonyl (C=O) groups excluding carboxylic acids is 1. The molecular formula is C50H54ClF4N7O9S2. The number of nitrogens with one attached hydrogen (secondary N) is 1. The number of carbonyl (C=O) groups is 2. The van der Waals surface area contributed by atoms with Crippen molar-refractivity contribution in [3.8, 4) is 39.2 Å². The number of benzene rings is 3. The highest BCUT2D eigenvalue weighted by molar-refractivity contribution is 7.88. The second-order valence-corrected chi connectivity index (χ2v) is 21.6. The number of aromatic nitrogens is 4. The lowest BCUT2D eigenvalue weighted by molar-refractivity contribution is -0.154. The monoisotopic (exact) mass is 1070 g/mol. The quantitative estimate of drug-likeness (QED) is 0.0396. The Balaban J connectivity index is 1.18. The summed E-state index contributed by atoms with van der Waals surface area (Å²) in [7, 11) is -3.24. The van der Waals surface area contributed by atoms with Crippen LogP contribution in [0.15, 0.2) is 73.2 Å². The second-order valence-electron chi connectivity index (χ2n) is 18.3. The Morgan fingerprint density at radius 3 is 2.38 bits per heavy atom. The first-order valence-corrected chi connectivity index (χ1v) is 26.1. The molecule has 2 N–H and O–H groups in total. The first-order valence-electron chi connectivity index (χ1n) is 23.1. The molecule has 16 nitrogen and oxygen atoms in total. The molecule has 0 bridgehead atoms. The zero-order valence-corrected chi connectivity index (χ0v) is 43.0. The van der Waals surface area contributed by atoms with E-state index >= 15 is 0 Å². The minimum absolute atomic E-state index is 0.0675. The highest BCUT2D eigenvalue weighted by Gasteiger charge is 2.30. The van der Waals surface area contributed by atoms with Crippen LogP contribution in [0.5, 0.6) is 17.6 Å². The van der Waals surface area contributed by atoms with Gasteiger partial charge in [-0.05, 0) is 85.3 Å². The zero-order valence-electron chi connectivity index (χ0n) is 40.6. The fourth-order valence-corrected chi connectivity index (χ4v) is 10.2. The summed E-state index contributed by atoms with van der Waals surface area (Å²) >= 11 is 8.41. The number of nitrogens with zero attached hydrogens (tertiary/aromatic N) is 6. The van der Waals surface area contributed by atoms with Gasteiger partial charge in [-0.15, -0.1) is 11.3 Å². The van der Waals surface area contributed by atoms with E-state index in [9.17, 15) is 40.7 Å². The van der Waals surface area contributed by atoms with Crippen molar-refractivity contribution in [2.75, 3.05) is 52.1 Å². The van der Waals surface area contributed by atoms with Crippen LogP contribution in [0.2, 0.25) is 5.02 Å². The van der Waals surface area contributed by atoms with Crippen LogP contribution >= 0.6 is 22.9 Å². The Morgan fingerprint density at radius 1 is 0.959 bits per heavy atom. The van der Waals surface area contributed by atoms with Gasteiger partial charge in [0.15, 0.2) is 0 Å². The highest BCUT2D eigenvalue weighted by Crippen LogP contribution is 2.49. The molecule has 0 spiro atoms. The molecular weight excluding hydrogens is 1020 g/mol. The molecule has 0 saturated carbocycles. The van der Waals surface area contributed by atoms with E-state index in [1.807, 2.05) is 19.1 Å². The molecule has 0 radical (unpaired) electrons. The van der Waals surface area contributed by atoms with Gasteiger partial charge in [-0.1, -0.05) is 48.0 Å². The number of halogens is 5. The average Bonchev–Trinajstić information content (AvgIpc) is 3.70. The van der Waals surface area contributed by atoms with Crippen LogP contribution in [0, 0.1) is 12.7 Å². The summed E-state index contributed by atoms with van der Waals surface area (Å²) in [5.74, 6) is -2.21. The summed E-state index contributed by atoms with van der Waals surface area (Å²) in [6, 6.07) is 15.7. The molecule has 0 aliphatic carbocycles. The largest absolute Gasteiger partial charge is 0.487 e. The molecule has 1 unspecified atom stereocenters. The van der Waals surface area contributed by atoms with E-state index in [0.717, 1.165) is 5.56 Å². The Hall–Kier alpha value is -6.04. The molecule has 23 heteroatoms. The molecule has 1 aliphatic rings. The molecule has 1 fully saturated rings. The molecule has 73 heavy (non-hydrogen) atoms. The van der Waals surface area contributed by atoms with E-state index < -0.39 is 58.7 Å². The third kappa shape index (κ3) is 15.0. The highest BCUT2D eigenvalue weighted by atomic mass is 35.5. The third-order valence-electron chi connectivity index (χ3n) is 11.5. The summed E-state index contributed by atoms with van der Waals surface area (Å²) in [6.07, 6.45) is -3.96. The van der Waals surface area contributed by atoms with Crippen LogP contribution in [0.25, 0.3) is 31.8 Å². The predicted octanol–water partition coefficient (Wildman–Crippen LogP) is 8.45. The lowest BCUT2D eigenvalue weighted by Crippen LogP contribution is -2.49. The number of alkyl halides is 3. The summed E-state index contributed by atoms with van der Waals surface area (Å²) in [4.78, 5) is 46.6. The van der Waals surface area contributed by atoms with E-state index in [-0.39, 0.29) is 42.8 Å². The lowest BCUT2D eigenvalue weighted by atomic mass is 9.94. The smallest absolute Gasteiger partial charge is 0.392 e. The topological polar surface area (TPSA) is 196 Å². The predicted molar refractivity (Wildman–Crippen MR) is 267 cm³/mol. The fraction of sp³-hybridized carbons (Fsp3) is 0.400. The fourth-order valence-electron chi connectivity index (χ4n) is 7.99. The zero-order chi connectivity index (χ0) is 52.7. The molecule has 4 heterocycles. The maximum absolute atomic E-state index is 14.3. The molecule has 1 atom stereocenters. The maximum atomic E-state index is 14.3. The number of carboxylic acid groups (broad SMARTS) is 1. The van der Waals surface area contributed by atoms with Crippen LogP contribution in [-0.2, 0) is 50.3 Å². The SMILES string of the molecule is Cc1c(-c2c(-c3ccc(F)cc3)sc3ncnc(OC(Cc4cc(CC(=O)OC(C)(C)C)ccc4OCc4ccnc(OCCC(F)(F)F)n4)C(=O)O)c23)ccc(CNCCN2CCN(S(C)(=O)=O)CC2)c1Cl. The molecule has 1 saturated heterocycles. The molecule has 0 amide bonds. The van der Waals surface area contributed by atoms with Crippen LogP contribution in [0.3, 0.4) is 0 Å². The third-order valence-corrected chi connectivity index (χ3v) is 14.5. The van der Waals surface area contributed by atoms with Gasteiger partial charge in [-0.2, -0.15) is 22.5 Å². The van der Waals surface area contributed by atoms with Gasteiger partial charge in [0.25, 0.3) is 0 Å². The molecule has 390 valence electrons. The summed E-state index contributed by atoms with van der Waals surface area (Å²) < 4.78 is 101. The number of ether oxygens (including phenoxy) is 4.